The molecule has 1 aliphatic heterocycles. The lowest BCUT2D eigenvalue weighted by molar-refractivity contribution is 0.0698. The number of halogens is 2. The molecule has 1 fully saturated rings. The van der Waals surface area contributed by atoms with Crippen LogP contribution in [0.25, 0.3) is 10.2 Å². The summed E-state index contributed by atoms with van der Waals surface area (Å²) in [6, 6.07) is 8.50. The van der Waals surface area contributed by atoms with Crippen LogP contribution in [0.3, 0.4) is 0 Å². The number of fused-ring (bicyclic) bond motifs is 1. The van der Waals surface area contributed by atoms with Gasteiger partial charge in [0.1, 0.15) is 5.82 Å². The van der Waals surface area contributed by atoms with Gasteiger partial charge in [0.25, 0.3) is 5.91 Å². The molecule has 32 heavy (non-hydrogen) atoms. The normalized spacial score (nSPS) is 15.4. The lowest BCUT2D eigenvalue weighted by atomic mass is 10.2. The Morgan fingerprint density at radius 1 is 1.12 bits per heavy atom. The topological polar surface area (TPSA) is 79.7 Å². The summed E-state index contributed by atoms with van der Waals surface area (Å²) >= 11 is 6.80. The average molecular weight is 498 g/mol. The Morgan fingerprint density at radius 2 is 1.84 bits per heavy atom. The molecule has 0 spiro atoms. The van der Waals surface area contributed by atoms with Gasteiger partial charge in [-0.05, 0) is 42.8 Å². The Labute approximate surface area is 193 Å². The first-order valence-corrected chi connectivity index (χ1v) is 12.7. The summed E-state index contributed by atoms with van der Waals surface area (Å²) in [5.41, 5.74) is 0.985. The maximum absolute atomic E-state index is 13.4. The van der Waals surface area contributed by atoms with E-state index in [0.29, 0.717) is 11.2 Å². The van der Waals surface area contributed by atoms with Gasteiger partial charge in [-0.3, -0.25) is 14.2 Å². The quantitative estimate of drug-likeness (QED) is 0.541. The second-order valence-electron chi connectivity index (χ2n) is 7.47. The minimum atomic E-state index is -3.78. The van der Waals surface area contributed by atoms with Crippen LogP contribution in [0.5, 0.6) is 0 Å². The number of piperazine rings is 1. The van der Waals surface area contributed by atoms with Crippen LogP contribution in [0.15, 0.2) is 46.1 Å². The third-order valence-electron chi connectivity index (χ3n) is 5.42. The number of nitrogens with zero attached hydrogens (tertiary/aromatic N) is 3. The van der Waals surface area contributed by atoms with Crippen LogP contribution in [0, 0.1) is 5.82 Å². The minimum Gasteiger partial charge on any atom is -0.336 e. The van der Waals surface area contributed by atoms with Gasteiger partial charge >= 0.3 is 4.87 Å². The fraction of sp³-hybridized carbons (Fsp3) is 0.333. The number of hydrogen-bond donors (Lipinski definition) is 0. The first-order valence-electron chi connectivity index (χ1n) is 10.1. The zero-order valence-electron chi connectivity index (χ0n) is 17.3. The highest BCUT2D eigenvalue weighted by Gasteiger charge is 2.31. The Morgan fingerprint density at radius 3 is 2.50 bits per heavy atom. The molecule has 0 aliphatic carbocycles. The lowest BCUT2D eigenvalue weighted by Crippen LogP contribution is -2.50. The van der Waals surface area contributed by atoms with Gasteiger partial charge in [-0.2, -0.15) is 4.31 Å². The van der Waals surface area contributed by atoms with E-state index in [0.717, 1.165) is 29.3 Å². The largest absolute Gasteiger partial charge is 0.336 e. The molecule has 1 aliphatic rings. The van der Waals surface area contributed by atoms with Gasteiger partial charge in [0.05, 0.1) is 20.1 Å². The summed E-state index contributed by atoms with van der Waals surface area (Å²) < 4.78 is 43.3. The molecular weight excluding hydrogens is 477 g/mol. The number of thiazole rings is 1. The van der Waals surface area contributed by atoms with Crippen LogP contribution < -0.4 is 4.87 Å². The van der Waals surface area contributed by atoms with Crippen LogP contribution in [0.1, 0.15) is 23.7 Å². The molecule has 2 heterocycles. The van der Waals surface area contributed by atoms with Crippen LogP contribution >= 0.6 is 22.9 Å². The Bertz CT molecular complexity index is 1340. The number of sulfonamides is 1. The molecule has 0 N–H and O–H groups in total. The summed E-state index contributed by atoms with van der Waals surface area (Å²) in [5, 5.41) is -0.137. The van der Waals surface area contributed by atoms with Crippen LogP contribution in [0.2, 0.25) is 5.02 Å². The molecule has 7 nitrogen and oxygen atoms in total. The van der Waals surface area contributed by atoms with E-state index in [1.165, 1.54) is 27.4 Å². The molecule has 1 aromatic heterocycles. The summed E-state index contributed by atoms with van der Waals surface area (Å²) in [5.74, 6) is -0.932. The SMILES string of the molecule is CCCn1c(=O)sc2cc(S(=O)(=O)N3CCN(C(=O)c4ccc(F)c(Cl)c4)CC3)ccc21. The monoisotopic (exact) mass is 497 g/mol. The third kappa shape index (κ3) is 4.19. The highest BCUT2D eigenvalue weighted by atomic mass is 35.5. The zero-order valence-corrected chi connectivity index (χ0v) is 19.6. The summed E-state index contributed by atoms with van der Waals surface area (Å²) in [6.07, 6.45) is 0.804. The average Bonchev–Trinajstić information content (AvgIpc) is 3.10. The van der Waals surface area contributed by atoms with E-state index < -0.39 is 15.8 Å². The van der Waals surface area contributed by atoms with E-state index in [1.54, 1.807) is 16.7 Å². The van der Waals surface area contributed by atoms with Crippen LogP contribution in [0.4, 0.5) is 4.39 Å². The second-order valence-corrected chi connectivity index (χ2v) is 10.8. The maximum Gasteiger partial charge on any atom is 0.308 e. The number of amides is 1. The standard InChI is InChI=1S/C21H21ClFN3O4S2/c1-2-7-26-18-6-4-15(13-19(18)31-21(26)28)32(29,30)25-10-8-24(9-11-25)20(27)14-3-5-17(23)16(22)12-14/h3-6,12-13H,2,7-11H2,1H3. The number of benzene rings is 2. The molecule has 2 aromatic carbocycles. The summed E-state index contributed by atoms with van der Waals surface area (Å²) in [7, 11) is -3.78. The maximum atomic E-state index is 13.4. The molecule has 4 rings (SSSR count). The predicted octanol–water partition coefficient (Wildman–Crippen LogP) is 3.41. The molecule has 1 saturated heterocycles. The van der Waals surface area contributed by atoms with Crippen LogP contribution in [-0.2, 0) is 16.6 Å². The number of rotatable bonds is 5. The van der Waals surface area contributed by atoms with Gasteiger partial charge in [0.15, 0.2) is 0 Å². The van der Waals surface area contributed by atoms with Gasteiger partial charge < -0.3 is 4.90 Å². The molecule has 3 aromatic rings. The van der Waals surface area contributed by atoms with Crippen molar-refractivity contribution in [3.05, 3.63) is 62.5 Å². The molecule has 0 bridgehead atoms. The first-order chi connectivity index (χ1) is 15.2. The predicted molar refractivity (Wildman–Crippen MR) is 122 cm³/mol. The van der Waals surface area contributed by atoms with Gasteiger partial charge in [-0.25, -0.2) is 12.8 Å². The van der Waals surface area contributed by atoms with Crippen molar-refractivity contribution >= 4 is 49.1 Å². The smallest absolute Gasteiger partial charge is 0.308 e. The fourth-order valence-corrected chi connectivity index (χ4v) is 6.40. The van der Waals surface area contributed by atoms with E-state index in [4.69, 9.17) is 11.6 Å². The van der Waals surface area contributed by atoms with Crippen molar-refractivity contribution < 1.29 is 17.6 Å². The number of hydrogen-bond acceptors (Lipinski definition) is 5. The van der Waals surface area contributed by atoms with Crippen LogP contribution in [-0.4, -0.2) is 54.3 Å². The molecule has 0 unspecified atom stereocenters. The number of aryl methyl sites for hydroxylation is 1. The Balaban J connectivity index is 1.50. The van der Waals surface area contributed by atoms with Gasteiger partial charge in [0, 0.05) is 38.3 Å². The zero-order chi connectivity index (χ0) is 23.0. The van der Waals surface area contributed by atoms with E-state index in [1.807, 2.05) is 6.92 Å². The van der Waals surface area contributed by atoms with E-state index in [9.17, 15) is 22.4 Å². The third-order valence-corrected chi connectivity index (χ3v) is 8.54. The molecule has 0 atom stereocenters. The minimum absolute atomic E-state index is 0.107. The van der Waals surface area contributed by atoms with Gasteiger partial charge in [-0.1, -0.05) is 29.9 Å². The highest BCUT2D eigenvalue weighted by Crippen LogP contribution is 2.25. The number of carbonyl (C=O) groups is 1. The van der Waals surface area contributed by atoms with Gasteiger partial charge in [-0.15, -0.1) is 0 Å². The molecule has 11 heteroatoms. The van der Waals surface area contributed by atoms with Gasteiger partial charge in [0.2, 0.25) is 10.0 Å². The van der Waals surface area contributed by atoms with E-state index in [2.05, 4.69) is 0 Å². The van der Waals surface area contributed by atoms with Crippen molar-refractivity contribution in [1.29, 1.82) is 0 Å². The lowest BCUT2D eigenvalue weighted by Gasteiger charge is -2.34. The van der Waals surface area contributed by atoms with Crippen molar-refractivity contribution in [3.8, 4) is 0 Å². The highest BCUT2D eigenvalue weighted by molar-refractivity contribution is 7.89. The Hall–Kier alpha value is -2.27. The molecule has 170 valence electrons. The van der Waals surface area contributed by atoms with Crippen molar-refractivity contribution in [3.63, 3.8) is 0 Å². The summed E-state index contributed by atoms with van der Waals surface area (Å²) in [6.45, 7) is 3.23. The fourth-order valence-electron chi connectivity index (χ4n) is 3.73. The number of carbonyl (C=O) groups excluding carboxylic acids is 1. The van der Waals surface area contributed by atoms with E-state index in [-0.39, 0.29) is 52.4 Å². The molecule has 0 radical (unpaired) electrons. The van der Waals surface area contributed by atoms with Crippen molar-refractivity contribution in [2.45, 2.75) is 24.8 Å². The van der Waals surface area contributed by atoms with Crippen molar-refractivity contribution in [2.24, 2.45) is 0 Å². The van der Waals surface area contributed by atoms with Crippen molar-refractivity contribution in [2.75, 3.05) is 26.2 Å². The molecule has 1 amide bonds. The molecule has 0 saturated carbocycles. The second kappa shape index (κ2) is 8.93. The molecular formula is C21H21ClFN3O4S2. The first kappa shape index (κ1) is 22.9. The Kier molecular flexibility index (Phi) is 6.39. The van der Waals surface area contributed by atoms with E-state index >= 15 is 0 Å². The summed E-state index contributed by atoms with van der Waals surface area (Å²) in [4.78, 5) is 26.4. The van der Waals surface area contributed by atoms with Crippen molar-refractivity contribution in [1.82, 2.24) is 13.8 Å². The number of aromatic nitrogens is 1.